The van der Waals surface area contributed by atoms with Crippen LogP contribution in [0.25, 0.3) is 0 Å². The number of hydrogen-bond acceptors (Lipinski definition) is 3. The third-order valence-electron chi connectivity index (χ3n) is 4.56. The SMILES string of the molecule is CCC(C)c1cccc(OC(OCC2CCCCO2)C(C)C)c1. The number of ether oxygens (including phenoxy) is 3. The predicted octanol–water partition coefficient (Wildman–Crippen LogP) is 5.15. The number of benzene rings is 1. The highest BCUT2D eigenvalue weighted by Gasteiger charge is 2.20. The van der Waals surface area contributed by atoms with Gasteiger partial charge in [-0.1, -0.05) is 39.8 Å². The van der Waals surface area contributed by atoms with Gasteiger partial charge in [-0.2, -0.15) is 0 Å². The molecule has 1 aliphatic heterocycles. The van der Waals surface area contributed by atoms with Gasteiger partial charge < -0.3 is 14.2 Å². The Morgan fingerprint density at radius 2 is 2.04 bits per heavy atom. The van der Waals surface area contributed by atoms with Crippen molar-refractivity contribution in [2.24, 2.45) is 5.92 Å². The first-order valence-corrected chi connectivity index (χ1v) is 9.10. The molecule has 3 nitrogen and oxygen atoms in total. The second kappa shape index (κ2) is 9.29. The van der Waals surface area contributed by atoms with Crippen LogP contribution >= 0.6 is 0 Å². The van der Waals surface area contributed by atoms with Gasteiger partial charge in [0.05, 0.1) is 12.7 Å². The Labute approximate surface area is 141 Å². The van der Waals surface area contributed by atoms with Gasteiger partial charge in [-0.3, -0.25) is 0 Å². The minimum Gasteiger partial charge on any atom is -0.465 e. The Bertz CT molecular complexity index is 452. The van der Waals surface area contributed by atoms with E-state index in [4.69, 9.17) is 14.2 Å². The lowest BCUT2D eigenvalue weighted by molar-refractivity contribution is -0.143. The van der Waals surface area contributed by atoms with Gasteiger partial charge in [-0.05, 0) is 49.3 Å². The molecular weight excluding hydrogens is 288 g/mol. The van der Waals surface area contributed by atoms with Crippen molar-refractivity contribution >= 4 is 0 Å². The summed E-state index contributed by atoms with van der Waals surface area (Å²) in [5.41, 5.74) is 1.32. The van der Waals surface area contributed by atoms with Crippen molar-refractivity contribution in [2.45, 2.75) is 71.7 Å². The van der Waals surface area contributed by atoms with Crippen molar-refractivity contribution in [3.63, 3.8) is 0 Å². The highest BCUT2D eigenvalue weighted by Crippen LogP contribution is 2.25. The molecule has 1 aromatic rings. The van der Waals surface area contributed by atoms with Crippen molar-refractivity contribution in [3.05, 3.63) is 29.8 Å². The van der Waals surface area contributed by atoms with E-state index in [-0.39, 0.29) is 12.4 Å². The van der Waals surface area contributed by atoms with Crippen LogP contribution in [0.2, 0.25) is 0 Å². The van der Waals surface area contributed by atoms with Crippen LogP contribution in [0, 0.1) is 5.92 Å². The van der Waals surface area contributed by atoms with Crippen LogP contribution in [0.15, 0.2) is 24.3 Å². The Hall–Kier alpha value is -1.06. The molecule has 3 unspecified atom stereocenters. The van der Waals surface area contributed by atoms with Crippen molar-refractivity contribution in [1.82, 2.24) is 0 Å². The highest BCUT2D eigenvalue weighted by atomic mass is 16.7. The summed E-state index contributed by atoms with van der Waals surface area (Å²) in [5, 5.41) is 0. The largest absolute Gasteiger partial charge is 0.465 e. The van der Waals surface area contributed by atoms with Crippen LogP contribution in [-0.4, -0.2) is 25.6 Å². The Balaban J connectivity index is 1.93. The molecule has 1 fully saturated rings. The second-order valence-electron chi connectivity index (χ2n) is 6.93. The molecular formula is C20H32O3. The normalized spacial score (nSPS) is 21.2. The molecule has 0 saturated carbocycles. The van der Waals surface area contributed by atoms with Gasteiger partial charge >= 0.3 is 0 Å². The molecule has 130 valence electrons. The van der Waals surface area contributed by atoms with Crippen LogP contribution in [-0.2, 0) is 9.47 Å². The first kappa shape index (κ1) is 18.3. The van der Waals surface area contributed by atoms with Gasteiger partial charge in [-0.15, -0.1) is 0 Å². The maximum absolute atomic E-state index is 6.12. The predicted molar refractivity (Wildman–Crippen MR) is 93.9 cm³/mol. The van der Waals surface area contributed by atoms with Gasteiger partial charge in [0.15, 0.2) is 0 Å². The monoisotopic (exact) mass is 320 g/mol. The molecule has 0 amide bonds. The summed E-state index contributed by atoms with van der Waals surface area (Å²) in [6, 6.07) is 8.40. The summed E-state index contributed by atoms with van der Waals surface area (Å²) in [6.07, 6.45) is 4.62. The minimum absolute atomic E-state index is 0.222. The number of rotatable bonds is 8. The maximum Gasteiger partial charge on any atom is 0.202 e. The summed E-state index contributed by atoms with van der Waals surface area (Å²) in [6.45, 7) is 10.2. The lowest BCUT2D eigenvalue weighted by atomic mass is 9.99. The van der Waals surface area contributed by atoms with Gasteiger partial charge in [0.2, 0.25) is 6.29 Å². The van der Waals surface area contributed by atoms with E-state index in [0.717, 1.165) is 25.2 Å². The zero-order valence-corrected chi connectivity index (χ0v) is 15.1. The number of hydrogen-bond donors (Lipinski definition) is 0. The molecule has 1 aromatic carbocycles. The molecule has 0 bridgehead atoms. The lowest BCUT2D eigenvalue weighted by Crippen LogP contribution is -2.32. The molecule has 2 rings (SSSR count). The molecule has 1 aliphatic rings. The van der Waals surface area contributed by atoms with Crippen molar-refractivity contribution in [3.8, 4) is 5.75 Å². The minimum atomic E-state index is -0.229. The van der Waals surface area contributed by atoms with E-state index in [1.165, 1.54) is 18.4 Å². The average Bonchev–Trinajstić information content (AvgIpc) is 2.58. The highest BCUT2D eigenvalue weighted by molar-refractivity contribution is 5.30. The fourth-order valence-electron chi connectivity index (χ4n) is 2.77. The van der Waals surface area contributed by atoms with Gasteiger partial charge in [0.25, 0.3) is 0 Å². The molecule has 0 aromatic heterocycles. The summed E-state index contributed by atoms with van der Waals surface area (Å²) in [4.78, 5) is 0. The lowest BCUT2D eigenvalue weighted by Gasteiger charge is -2.27. The molecule has 0 radical (unpaired) electrons. The summed E-state index contributed by atoms with van der Waals surface area (Å²) < 4.78 is 17.9. The zero-order chi connectivity index (χ0) is 16.7. The molecule has 0 spiro atoms. The maximum atomic E-state index is 6.12. The van der Waals surface area contributed by atoms with Crippen LogP contribution in [0.5, 0.6) is 5.75 Å². The van der Waals surface area contributed by atoms with E-state index in [1.807, 2.05) is 6.07 Å². The first-order chi connectivity index (χ1) is 11.1. The standard InChI is InChI=1S/C20H32O3/c1-5-16(4)17-9-8-11-18(13-17)23-20(15(2)3)22-14-19-10-6-7-12-21-19/h8-9,11,13,15-16,19-20H,5-7,10,12,14H2,1-4H3. The second-order valence-corrected chi connectivity index (χ2v) is 6.93. The average molecular weight is 320 g/mol. The van der Waals surface area contributed by atoms with Crippen LogP contribution in [0.1, 0.15) is 64.9 Å². The van der Waals surface area contributed by atoms with E-state index in [1.54, 1.807) is 0 Å². The zero-order valence-electron chi connectivity index (χ0n) is 15.1. The summed E-state index contributed by atoms with van der Waals surface area (Å²) in [7, 11) is 0. The topological polar surface area (TPSA) is 27.7 Å². The fourth-order valence-corrected chi connectivity index (χ4v) is 2.77. The van der Waals surface area contributed by atoms with Gasteiger partial charge in [0.1, 0.15) is 5.75 Å². The molecule has 1 saturated heterocycles. The van der Waals surface area contributed by atoms with E-state index in [9.17, 15) is 0 Å². The Kier molecular flexibility index (Phi) is 7.38. The molecule has 0 N–H and O–H groups in total. The van der Waals surface area contributed by atoms with Crippen molar-refractivity contribution in [1.29, 1.82) is 0 Å². The summed E-state index contributed by atoms with van der Waals surface area (Å²) >= 11 is 0. The fraction of sp³-hybridized carbons (Fsp3) is 0.700. The molecule has 0 aliphatic carbocycles. The quantitative estimate of drug-likeness (QED) is 0.620. The first-order valence-electron chi connectivity index (χ1n) is 9.10. The van der Waals surface area contributed by atoms with Gasteiger partial charge in [-0.25, -0.2) is 0 Å². The Morgan fingerprint density at radius 3 is 2.70 bits per heavy atom. The molecule has 1 heterocycles. The molecule has 3 heteroatoms. The molecule has 3 atom stereocenters. The van der Waals surface area contributed by atoms with Crippen molar-refractivity contribution < 1.29 is 14.2 Å². The smallest absolute Gasteiger partial charge is 0.202 e. The summed E-state index contributed by atoms with van der Waals surface area (Å²) in [5.74, 6) is 1.74. The third-order valence-corrected chi connectivity index (χ3v) is 4.56. The molecule has 23 heavy (non-hydrogen) atoms. The van der Waals surface area contributed by atoms with E-state index < -0.39 is 0 Å². The Morgan fingerprint density at radius 1 is 1.22 bits per heavy atom. The van der Waals surface area contributed by atoms with Crippen LogP contribution in [0.3, 0.4) is 0 Å². The van der Waals surface area contributed by atoms with Crippen LogP contribution in [0.4, 0.5) is 0 Å². The van der Waals surface area contributed by atoms with Crippen molar-refractivity contribution in [2.75, 3.05) is 13.2 Å². The van der Waals surface area contributed by atoms with Gasteiger partial charge in [0, 0.05) is 12.5 Å². The van der Waals surface area contributed by atoms with E-state index in [0.29, 0.717) is 18.4 Å². The van der Waals surface area contributed by atoms with E-state index in [2.05, 4.69) is 45.9 Å². The van der Waals surface area contributed by atoms with Crippen LogP contribution < -0.4 is 4.74 Å². The van der Waals surface area contributed by atoms with E-state index >= 15 is 0 Å². The third kappa shape index (κ3) is 5.82.